The lowest BCUT2D eigenvalue weighted by molar-refractivity contribution is -0.124. The number of hydrogen-bond acceptors (Lipinski definition) is 4. The van der Waals surface area contributed by atoms with E-state index in [1.54, 1.807) is 0 Å². The third-order valence-electron chi connectivity index (χ3n) is 11.4. The molecule has 5 nitrogen and oxygen atoms in total. The lowest BCUT2D eigenvalue weighted by Crippen LogP contribution is -2.50. The molecule has 0 aliphatic heterocycles. The number of hydrogen-bond donors (Lipinski definition) is 4. The van der Waals surface area contributed by atoms with Gasteiger partial charge in [-0.25, -0.2) is 0 Å². The van der Waals surface area contributed by atoms with Gasteiger partial charge in [-0.15, -0.1) is 0 Å². The normalized spacial score (nSPS) is 13.5. The Hall–Kier alpha value is -0.910. The number of aliphatic hydroxyl groups is 3. The number of unbranched alkanes of at least 4 members (excludes halogenated alkanes) is 34. The minimum atomic E-state index is -1.15. The first kappa shape index (κ1) is 52.1. The second-order valence-electron chi connectivity index (χ2n) is 16.7. The summed E-state index contributed by atoms with van der Waals surface area (Å²) in [5, 5.41) is 33.5. The zero-order valence-corrected chi connectivity index (χ0v) is 35.9. The monoisotopic (exact) mass is 750 g/mol. The van der Waals surface area contributed by atoms with Crippen LogP contribution in [-0.2, 0) is 4.79 Å². The average molecular weight is 750 g/mol. The zero-order chi connectivity index (χ0) is 38.7. The van der Waals surface area contributed by atoms with Gasteiger partial charge in [0.05, 0.1) is 18.8 Å². The molecule has 1 amide bonds. The maximum absolute atomic E-state index is 12.4. The summed E-state index contributed by atoms with van der Waals surface area (Å²) in [5.41, 5.74) is 0. The summed E-state index contributed by atoms with van der Waals surface area (Å²) >= 11 is 0. The summed E-state index contributed by atoms with van der Waals surface area (Å²) in [6, 6.07) is -0.820. The molecule has 0 aromatic carbocycles. The highest BCUT2D eigenvalue weighted by Crippen LogP contribution is 2.17. The molecule has 0 aromatic heterocycles. The fourth-order valence-corrected chi connectivity index (χ4v) is 7.63. The van der Waals surface area contributed by atoms with Gasteiger partial charge in [0, 0.05) is 6.42 Å². The van der Waals surface area contributed by atoms with Crippen LogP contribution in [0.25, 0.3) is 0 Å². The SMILES string of the molecule is CCCCCCCCC/C=C/CCCC(O)C(O)C(CO)NC(=O)CCCCCCCCCCCCCCCCCCCCCCCCCCCCC. The molecule has 3 unspecified atom stereocenters. The molecular weight excluding hydrogens is 655 g/mol. The van der Waals surface area contributed by atoms with Crippen LogP contribution in [-0.4, -0.2) is 46.1 Å². The van der Waals surface area contributed by atoms with Crippen LogP contribution in [0, 0.1) is 0 Å². The van der Waals surface area contributed by atoms with E-state index in [2.05, 4.69) is 31.3 Å². The van der Waals surface area contributed by atoms with Crippen LogP contribution in [0.5, 0.6) is 0 Å². The third-order valence-corrected chi connectivity index (χ3v) is 11.4. The second kappa shape index (κ2) is 43.8. The van der Waals surface area contributed by atoms with Crippen molar-refractivity contribution in [3.8, 4) is 0 Å². The molecule has 0 bridgehead atoms. The van der Waals surface area contributed by atoms with E-state index in [1.165, 1.54) is 199 Å². The van der Waals surface area contributed by atoms with Crippen molar-refractivity contribution in [3.05, 3.63) is 12.2 Å². The number of nitrogens with one attached hydrogen (secondary N) is 1. The Labute approximate surface area is 331 Å². The van der Waals surface area contributed by atoms with Crippen molar-refractivity contribution >= 4 is 5.91 Å². The molecule has 0 aromatic rings. The van der Waals surface area contributed by atoms with Crippen LogP contribution in [0.1, 0.15) is 264 Å². The van der Waals surface area contributed by atoms with Gasteiger partial charge in [0.1, 0.15) is 6.10 Å². The summed E-state index contributed by atoms with van der Waals surface area (Å²) in [6.45, 7) is 4.17. The molecule has 0 heterocycles. The van der Waals surface area contributed by atoms with Gasteiger partial charge in [0.15, 0.2) is 0 Å². The Morgan fingerprint density at radius 3 is 1.09 bits per heavy atom. The van der Waals surface area contributed by atoms with E-state index < -0.39 is 18.2 Å². The smallest absolute Gasteiger partial charge is 0.220 e. The summed E-state index contributed by atoms with van der Waals surface area (Å²) in [4.78, 5) is 12.4. The van der Waals surface area contributed by atoms with Crippen LogP contribution in [0.15, 0.2) is 12.2 Å². The molecule has 0 aliphatic rings. The summed E-state index contributed by atoms with van der Waals surface area (Å²) in [5.74, 6) is -0.150. The molecule has 4 N–H and O–H groups in total. The number of carbonyl (C=O) groups is 1. The highest BCUT2D eigenvalue weighted by atomic mass is 16.3. The molecule has 0 saturated carbocycles. The molecule has 53 heavy (non-hydrogen) atoms. The molecule has 0 rings (SSSR count). The van der Waals surface area contributed by atoms with Crippen molar-refractivity contribution in [2.75, 3.05) is 6.61 Å². The molecule has 5 heteroatoms. The van der Waals surface area contributed by atoms with E-state index in [0.717, 1.165) is 38.5 Å². The van der Waals surface area contributed by atoms with E-state index in [4.69, 9.17) is 0 Å². The minimum Gasteiger partial charge on any atom is -0.394 e. The lowest BCUT2D eigenvalue weighted by Gasteiger charge is -2.26. The van der Waals surface area contributed by atoms with Crippen molar-refractivity contribution in [3.63, 3.8) is 0 Å². The zero-order valence-electron chi connectivity index (χ0n) is 35.9. The fraction of sp³-hybridized carbons (Fsp3) is 0.938. The van der Waals surface area contributed by atoms with Gasteiger partial charge in [0.2, 0.25) is 5.91 Å². The fourth-order valence-electron chi connectivity index (χ4n) is 7.63. The second-order valence-corrected chi connectivity index (χ2v) is 16.7. The highest BCUT2D eigenvalue weighted by Gasteiger charge is 2.26. The standard InChI is InChI=1S/C48H95NO4/c1-3-5-7-9-11-13-15-17-18-19-20-21-22-23-24-25-26-27-28-29-30-31-33-35-37-39-41-43-47(52)49-45(44-50)48(53)46(51)42-40-38-36-34-32-16-14-12-10-8-6-4-2/h34,36,45-46,48,50-51,53H,3-33,35,37-44H2,1-2H3,(H,49,52)/b36-34+. The van der Waals surface area contributed by atoms with Crippen molar-refractivity contribution in [2.24, 2.45) is 0 Å². The quantitative estimate of drug-likeness (QED) is 0.0369. The Morgan fingerprint density at radius 1 is 0.453 bits per heavy atom. The van der Waals surface area contributed by atoms with Gasteiger partial charge in [-0.1, -0.05) is 231 Å². The number of carbonyl (C=O) groups excluding carboxylic acids is 1. The predicted molar refractivity (Wildman–Crippen MR) is 232 cm³/mol. The van der Waals surface area contributed by atoms with E-state index >= 15 is 0 Å². The van der Waals surface area contributed by atoms with Crippen LogP contribution in [0.2, 0.25) is 0 Å². The van der Waals surface area contributed by atoms with Crippen molar-refractivity contribution in [1.82, 2.24) is 5.32 Å². The topological polar surface area (TPSA) is 89.8 Å². The molecule has 0 radical (unpaired) electrons. The molecule has 0 saturated heterocycles. The van der Waals surface area contributed by atoms with Gasteiger partial charge in [-0.05, 0) is 38.5 Å². The van der Waals surface area contributed by atoms with Crippen LogP contribution in [0.3, 0.4) is 0 Å². The maximum atomic E-state index is 12.4. The number of allylic oxidation sites excluding steroid dienone is 2. The van der Waals surface area contributed by atoms with Crippen LogP contribution < -0.4 is 5.32 Å². The molecule has 0 fully saturated rings. The third kappa shape index (κ3) is 39.1. The van der Waals surface area contributed by atoms with E-state index in [0.29, 0.717) is 12.8 Å². The van der Waals surface area contributed by atoms with Crippen molar-refractivity contribution < 1.29 is 20.1 Å². The Bertz CT molecular complexity index is 743. The number of amides is 1. The molecular formula is C48H95NO4. The van der Waals surface area contributed by atoms with Gasteiger partial charge < -0.3 is 20.6 Å². The van der Waals surface area contributed by atoms with Crippen LogP contribution in [0.4, 0.5) is 0 Å². The number of rotatable bonds is 44. The Kier molecular flexibility index (Phi) is 43.1. The first-order chi connectivity index (χ1) is 26.1. The molecule has 0 spiro atoms. The van der Waals surface area contributed by atoms with E-state index in [-0.39, 0.29) is 12.5 Å². The summed E-state index contributed by atoms with van der Waals surface area (Å²) in [7, 11) is 0. The average Bonchev–Trinajstić information content (AvgIpc) is 3.16. The first-order valence-electron chi connectivity index (χ1n) is 24.0. The largest absolute Gasteiger partial charge is 0.394 e. The van der Waals surface area contributed by atoms with Gasteiger partial charge in [-0.2, -0.15) is 0 Å². The lowest BCUT2D eigenvalue weighted by atomic mass is 10.0. The molecule has 316 valence electrons. The van der Waals surface area contributed by atoms with Crippen LogP contribution >= 0.6 is 0 Å². The first-order valence-corrected chi connectivity index (χ1v) is 24.0. The summed E-state index contributed by atoms with van der Waals surface area (Å²) in [6.07, 6.45) is 52.1. The maximum Gasteiger partial charge on any atom is 0.220 e. The van der Waals surface area contributed by atoms with Gasteiger partial charge in [0.25, 0.3) is 0 Å². The van der Waals surface area contributed by atoms with E-state index in [9.17, 15) is 20.1 Å². The summed E-state index contributed by atoms with van der Waals surface area (Å²) < 4.78 is 0. The molecule has 3 atom stereocenters. The van der Waals surface area contributed by atoms with Crippen molar-refractivity contribution in [2.45, 2.75) is 283 Å². The number of aliphatic hydroxyl groups excluding tert-OH is 3. The predicted octanol–water partition coefficient (Wildman–Crippen LogP) is 14.0. The Morgan fingerprint density at radius 2 is 0.755 bits per heavy atom. The van der Waals surface area contributed by atoms with Gasteiger partial charge >= 0.3 is 0 Å². The highest BCUT2D eigenvalue weighted by molar-refractivity contribution is 5.76. The molecule has 0 aliphatic carbocycles. The van der Waals surface area contributed by atoms with Crippen molar-refractivity contribution in [1.29, 1.82) is 0 Å². The Balaban J connectivity index is 3.51. The minimum absolute atomic E-state index is 0.150. The van der Waals surface area contributed by atoms with Gasteiger partial charge in [-0.3, -0.25) is 4.79 Å². The van der Waals surface area contributed by atoms with E-state index in [1.807, 2.05) is 0 Å².